The molecule has 2 saturated heterocycles. The number of rotatable bonds is 13. The molecular weight excluding hydrogens is 1470 g/mol. The van der Waals surface area contributed by atoms with Gasteiger partial charge in [-0.05, 0) is 123 Å². The molecule has 3 aromatic heterocycles. The maximum Gasteiger partial charge on any atom is 0.410 e. The van der Waals surface area contributed by atoms with E-state index in [9.17, 15) is 26.4 Å². The Balaban J connectivity index is 0.000000139. The van der Waals surface area contributed by atoms with Gasteiger partial charge >= 0.3 is 6.09 Å². The predicted octanol–water partition coefficient (Wildman–Crippen LogP) is 11.7. The lowest BCUT2D eigenvalue weighted by atomic mass is 10.1. The fraction of sp³-hybridized carbons (Fsp3) is 0.338. The summed E-state index contributed by atoms with van der Waals surface area (Å²) in [6.07, 6.45) is 4.10. The molecule has 0 unspecified atom stereocenters. The summed E-state index contributed by atoms with van der Waals surface area (Å²) in [6, 6.07) is 25.7. The van der Waals surface area contributed by atoms with Crippen molar-refractivity contribution in [2.45, 2.75) is 44.7 Å². The van der Waals surface area contributed by atoms with Gasteiger partial charge in [0.1, 0.15) is 80.7 Å². The number of carbonyl (C=O) groups excluding carboxylic acids is 1. The van der Waals surface area contributed by atoms with Crippen LogP contribution in [0.2, 0.25) is 0 Å². The Kier molecular flexibility index (Phi) is 21.0. The molecule has 504 valence electrons. The molecule has 5 aliphatic rings. The lowest BCUT2D eigenvalue weighted by Gasteiger charge is -2.37. The van der Waals surface area contributed by atoms with Crippen LogP contribution in [0.25, 0.3) is 32.7 Å². The molecule has 14 rings (SSSR count). The van der Waals surface area contributed by atoms with Crippen LogP contribution in [-0.2, 0) is 19.0 Å². The van der Waals surface area contributed by atoms with E-state index in [0.717, 1.165) is 57.5 Å². The molecule has 0 spiro atoms. The molecule has 0 aliphatic carbocycles. The van der Waals surface area contributed by atoms with Crippen LogP contribution in [-0.4, -0.2) is 181 Å². The highest BCUT2D eigenvalue weighted by atomic mass is 79.9. The number of hydrogen-bond donors (Lipinski definition) is 4. The SMILES string of the molecule is CC(C)(C)OC(=O)N1CCN(C[C@H]2COc3cc4ncnc(Nc5cccc(Br)c5F)c4cc3O2)CC1.CS(=O)(=O)OC[C@H]1COc2cc3ncnc(Nc4cccc(Br)c4F)c3cc2O1.Fc1c(Br)cccc1Nc1ncnc2cc3c(cc12)O[C@@H](CN1CCNCC1)CO3. The number of fused-ring (bicyclic) bond motifs is 6. The van der Waals surface area contributed by atoms with Gasteiger partial charge in [-0.3, -0.25) is 14.0 Å². The molecule has 31 heteroatoms. The van der Waals surface area contributed by atoms with Gasteiger partial charge in [-0.15, -0.1) is 0 Å². The third kappa shape index (κ3) is 16.8. The monoisotopic (exact) mass is 1530 g/mol. The molecule has 9 aromatic rings. The Labute approximate surface area is 575 Å². The second kappa shape index (κ2) is 29.7. The summed E-state index contributed by atoms with van der Waals surface area (Å²) in [5, 5.41) is 14.5. The fourth-order valence-corrected chi connectivity index (χ4v) is 12.3. The Hall–Kier alpha value is -8.17. The molecule has 4 N–H and O–H groups in total. The van der Waals surface area contributed by atoms with E-state index in [2.05, 4.69) is 109 Å². The van der Waals surface area contributed by atoms with E-state index in [0.29, 0.717) is 137 Å². The van der Waals surface area contributed by atoms with Crippen molar-refractivity contribution in [3.63, 3.8) is 0 Å². The average molecular weight is 1530 g/mol. The molecule has 5 aliphatic heterocycles. The van der Waals surface area contributed by atoms with Gasteiger partial charge in [0.05, 0.1) is 53.3 Å². The number of hydrogen-bond acceptors (Lipinski definition) is 23. The Morgan fingerprint density at radius 3 is 1.31 bits per heavy atom. The average Bonchev–Trinajstić information content (AvgIpc) is 0.795. The predicted molar refractivity (Wildman–Crippen MR) is 365 cm³/mol. The zero-order valence-corrected chi connectivity index (χ0v) is 57.8. The maximum atomic E-state index is 14.5. The largest absolute Gasteiger partial charge is 0.486 e. The van der Waals surface area contributed by atoms with Crippen LogP contribution < -0.4 is 49.7 Å². The van der Waals surface area contributed by atoms with Crippen molar-refractivity contribution < 1.29 is 63.7 Å². The van der Waals surface area contributed by atoms with E-state index in [-0.39, 0.29) is 43.0 Å². The molecule has 8 heterocycles. The Bertz CT molecular complexity index is 4460. The zero-order chi connectivity index (χ0) is 67.3. The van der Waals surface area contributed by atoms with Crippen molar-refractivity contribution in [2.24, 2.45) is 0 Å². The van der Waals surface area contributed by atoms with E-state index in [1.54, 1.807) is 71.6 Å². The van der Waals surface area contributed by atoms with Gasteiger partial charge in [-0.25, -0.2) is 47.9 Å². The molecule has 24 nitrogen and oxygen atoms in total. The summed E-state index contributed by atoms with van der Waals surface area (Å²) >= 11 is 9.58. The van der Waals surface area contributed by atoms with Crippen LogP contribution in [0.4, 0.5) is 52.5 Å². The highest BCUT2D eigenvalue weighted by molar-refractivity contribution is 9.11. The number of ether oxygens (including phenoxy) is 7. The van der Waals surface area contributed by atoms with Gasteiger partial charge < -0.3 is 59.3 Å². The summed E-state index contributed by atoms with van der Waals surface area (Å²) in [4.78, 5) is 44.5. The lowest BCUT2D eigenvalue weighted by molar-refractivity contribution is 0.00645. The van der Waals surface area contributed by atoms with Gasteiger partial charge in [0, 0.05) is 99.8 Å². The van der Waals surface area contributed by atoms with Crippen LogP contribution >= 0.6 is 47.8 Å². The number of benzene rings is 6. The summed E-state index contributed by atoms with van der Waals surface area (Å²) < 4.78 is 113. The molecule has 1 amide bonds. The van der Waals surface area contributed by atoms with Crippen molar-refractivity contribution in [1.82, 2.24) is 49.9 Å². The van der Waals surface area contributed by atoms with Gasteiger partial charge in [0.2, 0.25) is 0 Å². The quantitative estimate of drug-likeness (QED) is 0.0782. The summed E-state index contributed by atoms with van der Waals surface area (Å²) in [6.45, 7) is 14.6. The van der Waals surface area contributed by atoms with E-state index < -0.39 is 33.5 Å². The molecule has 0 saturated carbocycles. The first-order valence-electron chi connectivity index (χ1n) is 30.5. The van der Waals surface area contributed by atoms with Gasteiger partial charge in [-0.1, -0.05) is 18.2 Å². The van der Waals surface area contributed by atoms with Crippen LogP contribution in [0.5, 0.6) is 34.5 Å². The van der Waals surface area contributed by atoms with E-state index >= 15 is 0 Å². The van der Waals surface area contributed by atoms with Gasteiger partial charge in [0.15, 0.2) is 58.1 Å². The van der Waals surface area contributed by atoms with E-state index in [1.807, 2.05) is 45.0 Å². The van der Waals surface area contributed by atoms with Crippen molar-refractivity contribution in [3.05, 3.63) is 141 Å². The van der Waals surface area contributed by atoms with E-state index in [1.165, 1.54) is 19.0 Å². The van der Waals surface area contributed by atoms with Crippen LogP contribution in [0, 0.1) is 17.5 Å². The normalized spacial score (nSPS) is 17.8. The number of halogens is 6. The maximum absolute atomic E-state index is 14.5. The van der Waals surface area contributed by atoms with Crippen molar-refractivity contribution >= 4 is 131 Å². The third-order valence-corrected chi connectivity index (χ3v) is 17.9. The van der Waals surface area contributed by atoms with Gasteiger partial charge in [0.25, 0.3) is 10.1 Å². The Morgan fingerprint density at radius 1 is 0.552 bits per heavy atom. The number of nitrogens with zero attached hydrogens (tertiary/aromatic N) is 9. The van der Waals surface area contributed by atoms with Crippen LogP contribution in [0.1, 0.15) is 20.8 Å². The minimum atomic E-state index is -3.59. The smallest absolute Gasteiger partial charge is 0.410 e. The molecule has 0 bridgehead atoms. The molecular formula is C65H65Br3F3N13O11S. The molecule has 6 aromatic carbocycles. The molecule has 3 atom stereocenters. The second-order valence-corrected chi connectivity index (χ2v) is 28.0. The van der Waals surface area contributed by atoms with Crippen LogP contribution in [0.15, 0.2) is 123 Å². The minimum Gasteiger partial charge on any atom is -0.486 e. The number of anilines is 6. The highest BCUT2D eigenvalue weighted by Crippen LogP contribution is 2.42. The lowest BCUT2D eigenvalue weighted by Crippen LogP contribution is -2.52. The fourth-order valence-electron chi connectivity index (χ4n) is 10.8. The number of nitrogens with one attached hydrogen (secondary N) is 4. The van der Waals surface area contributed by atoms with Crippen molar-refractivity contribution in [2.75, 3.05) is 114 Å². The first-order valence-corrected chi connectivity index (χ1v) is 34.7. The van der Waals surface area contributed by atoms with Crippen molar-refractivity contribution in [3.8, 4) is 34.5 Å². The Morgan fingerprint density at radius 2 is 0.927 bits per heavy atom. The van der Waals surface area contributed by atoms with Gasteiger partial charge in [-0.2, -0.15) is 8.42 Å². The zero-order valence-electron chi connectivity index (χ0n) is 52.2. The number of amides is 1. The summed E-state index contributed by atoms with van der Waals surface area (Å²) in [7, 11) is -3.59. The van der Waals surface area contributed by atoms with Crippen molar-refractivity contribution in [1.29, 1.82) is 0 Å². The highest BCUT2D eigenvalue weighted by Gasteiger charge is 2.32. The summed E-state index contributed by atoms with van der Waals surface area (Å²) in [5.41, 5.74) is 2.30. The molecule has 0 radical (unpaired) electrons. The number of piperazine rings is 2. The van der Waals surface area contributed by atoms with Crippen LogP contribution in [0.3, 0.4) is 0 Å². The number of carbonyl (C=O) groups is 1. The molecule has 96 heavy (non-hydrogen) atoms. The first kappa shape index (κ1) is 67.8. The molecule has 2 fully saturated rings. The minimum absolute atomic E-state index is 0.0448. The number of aromatic nitrogens is 6. The first-order chi connectivity index (χ1) is 46.1. The third-order valence-electron chi connectivity index (χ3n) is 15.5. The van der Waals surface area contributed by atoms with E-state index in [4.69, 9.17) is 37.3 Å². The summed E-state index contributed by atoms with van der Waals surface area (Å²) in [5.74, 6) is 3.49. The second-order valence-electron chi connectivity index (χ2n) is 23.8. The standard InChI is InChI=1S/C26H29BrFN5O4.C21H21BrFN5O2.C18H15BrFN3O5S/c1-26(2,3)37-25(34)33-9-7-32(8-10-33)13-16-14-35-21-12-20-17(11-22(21)36-16)24(30-15-29-20)31-19-6-4-5-18(27)23(19)28;22-15-2-1-3-16(20(15)23)27-21-14-8-19-18(9-17(14)25-12-26-21)29-11-13(30-19)10-28-6-4-24-5-7-28;1-29(24,25)27-8-10-7-26-15-6-14-11(5-16(15)28-10)18(22-9-21-14)23-13-4-2-3-12(19)17(13)20/h4-6,11-12,15-16H,7-10,13-14H2,1-3H3,(H,29,30,31);1-3,8-9,12-13,24H,4-7,10-11H2,(H,25,26,27);2-6,9-10H,7-8H2,1H3,(H,21,22,23)/t16-;13-;10-/m001/s1. The topological polar surface area (TPSA) is 260 Å².